The van der Waals surface area contributed by atoms with Gasteiger partial charge in [0.15, 0.2) is 0 Å². The van der Waals surface area contributed by atoms with Gasteiger partial charge < -0.3 is 5.32 Å². The zero-order valence-corrected chi connectivity index (χ0v) is 12.5. The van der Waals surface area contributed by atoms with E-state index in [4.69, 9.17) is 0 Å². The standard InChI is InChI=1S/C15H16BrFN2/c1-10(12-5-6-15(17)14(16)8-12)19-11(2)13-4-3-7-18-9-13/h3-11,19H,1-2H3/t10?,11-/m1/s1. The lowest BCUT2D eigenvalue weighted by atomic mass is 10.1. The van der Waals surface area contributed by atoms with E-state index in [2.05, 4.69) is 40.1 Å². The molecule has 19 heavy (non-hydrogen) atoms. The second-order valence-corrected chi connectivity index (χ2v) is 5.42. The van der Waals surface area contributed by atoms with Crippen LogP contribution in [0.2, 0.25) is 0 Å². The van der Waals surface area contributed by atoms with Crippen LogP contribution in [-0.4, -0.2) is 4.98 Å². The SMILES string of the molecule is CC(N[C@H](C)c1cccnc1)c1ccc(F)c(Br)c1. The van der Waals surface area contributed by atoms with E-state index in [0.717, 1.165) is 11.1 Å². The van der Waals surface area contributed by atoms with Gasteiger partial charge in [-0.05, 0) is 59.1 Å². The third-order valence-electron chi connectivity index (χ3n) is 3.13. The molecular formula is C15H16BrFN2. The number of halogens is 2. The molecule has 4 heteroatoms. The van der Waals surface area contributed by atoms with Crippen molar-refractivity contribution in [3.8, 4) is 0 Å². The summed E-state index contributed by atoms with van der Waals surface area (Å²) in [5.74, 6) is -0.240. The van der Waals surface area contributed by atoms with Crippen LogP contribution in [0.15, 0.2) is 47.2 Å². The number of nitrogens with zero attached hydrogens (tertiary/aromatic N) is 1. The highest BCUT2D eigenvalue weighted by atomic mass is 79.9. The highest BCUT2D eigenvalue weighted by molar-refractivity contribution is 9.10. The number of benzene rings is 1. The van der Waals surface area contributed by atoms with Crippen molar-refractivity contribution in [1.82, 2.24) is 10.3 Å². The van der Waals surface area contributed by atoms with Crippen molar-refractivity contribution in [3.63, 3.8) is 0 Å². The summed E-state index contributed by atoms with van der Waals surface area (Å²) in [6.45, 7) is 4.15. The van der Waals surface area contributed by atoms with Crippen molar-refractivity contribution in [2.45, 2.75) is 25.9 Å². The van der Waals surface area contributed by atoms with Crippen LogP contribution in [0.5, 0.6) is 0 Å². The predicted octanol–water partition coefficient (Wildman–Crippen LogP) is 4.40. The number of pyridine rings is 1. The molecule has 0 amide bonds. The minimum absolute atomic E-state index is 0.132. The summed E-state index contributed by atoms with van der Waals surface area (Å²) in [4.78, 5) is 4.11. The van der Waals surface area contributed by atoms with Gasteiger partial charge in [-0.25, -0.2) is 4.39 Å². The summed E-state index contributed by atoms with van der Waals surface area (Å²) in [6, 6.07) is 9.37. The largest absolute Gasteiger partial charge is 0.304 e. The van der Waals surface area contributed by atoms with Gasteiger partial charge in [0, 0.05) is 24.5 Å². The minimum atomic E-state index is -0.240. The average molecular weight is 323 g/mol. The molecular weight excluding hydrogens is 307 g/mol. The van der Waals surface area contributed by atoms with Crippen LogP contribution in [0.25, 0.3) is 0 Å². The van der Waals surface area contributed by atoms with Gasteiger partial charge in [-0.1, -0.05) is 12.1 Å². The predicted molar refractivity (Wildman–Crippen MR) is 78.3 cm³/mol. The summed E-state index contributed by atoms with van der Waals surface area (Å²) in [5, 5.41) is 3.48. The Morgan fingerprint density at radius 3 is 2.53 bits per heavy atom. The average Bonchev–Trinajstić information content (AvgIpc) is 2.42. The molecule has 0 bridgehead atoms. The van der Waals surface area contributed by atoms with Crippen LogP contribution in [0.3, 0.4) is 0 Å². The number of nitrogens with one attached hydrogen (secondary N) is 1. The number of hydrogen-bond acceptors (Lipinski definition) is 2. The molecule has 0 aliphatic carbocycles. The van der Waals surface area contributed by atoms with E-state index in [1.54, 1.807) is 12.3 Å². The normalized spacial score (nSPS) is 14.1. The fraction of sp³-hybridized carbons (Fsp3) is 0.267. The lowest BCUT2D eigenvalue weighted by Gasteiger charge is -2.20. The van der Waals surface area contributed by atoms with Crippen LogP contribution in [0, 0.1) is 5.82 Å². The maximum Gasteiger partial charge on any atom is 0.137 e. The highest BCUT2D eigenvalue weighted by Crippen LogP contribution is 2.23. The van der Waals surface area contributed by atoms with E-state index >= 15 is 0 Å². The summed E-state index contributed by atoms with van der Waals surface area (Å²) in [7, 11) is 0. The van der Waals surface area contributed by atoms with Gasteiger partial charge in [0.2, 0.25) is 0 Å². The van der Waals surface area contributed by atoms with Crippen LogP contribution in [-0.2, 0) is 0 Å². The first kappa shape index (κ1) is 14.2. The summed E-state index contributed by atoms with van der Waals surface area (Å²) < 4.78 is 13.7. The topological polar surface area (TPSA) is 24.9 Å². The lowest BCUT2D eigenvalue weighted by molar-refractivity contribution is 0.492. The van der Waals surface area contributed by atoms with E-state index in [1.165, 1.54) is 6.07 Å². The maximum atomic E-state index is 13.2. The molecule has 1 aromatic carbocycles. The van der Waals surface area contributed by atoms with Crippen molar-refractivity contribution in [3.05, 3.63) is 64.1 Å². The van der Waals surface area contributed by atoms with Gasteiger partial charge >= 0.3 is 0 Å². The Labute approximate surface area is 121 Å². The van der Waals surface area contributed by atoms with E-state index in [0.29, 0.717) is 4.47 Å². The molecule has 2 nitrogen and oxygen atoms in total. The number of rotatable bonds is 4. The van der Waals surface area contributed by atoms with E-state index < -0.39 is 0 Å². The molecule has 2 rings (SSSR count). The van der Waals surface area contributed by atoms with E-state index in [1.807, 2.05) is 24.4 Å². The first-order chi connectivity index (χ1) is 9.08. The summed E-state index contributed by atoms with van der Waals surface area (Å²) in [6.07, 6.45) is 3.61. The fourth-order valence-electron chi connectivity index (χ4n) is 1.98. The third-order valence-corrected chi connectivity index (χ3v) is 3.74. The molecule has 100 valence electrons. The van der Waals surface area contributed by atoms with Crippen molar-refractivity contribution in [2.24, 2.45) is 0 Å². The van der Waals surface area contributed by atoms with Crippen molar-refractivity contribution in [1.29, 1.82) is 0 Å². The van der Waals surface area contributed by atoms with Gasteiger partial charge in [-0.15, -0.1) is 0 Å². The first-order valence-corrected chi connectivity index (χ1v) is 6.98. The monoisotopic (exact) mass is 322 g/mol. The molecule has 0 saturated heterocycles. The van der Waals surface area contributed by atoms with Crippen LogP contribution in [0.1, 0.15) is 37.1 Å². The molecule has 0 fully saturated rings. The lowest BCUT2D eigenvalue weighted by Crippen LogP contribution is -2.22. The molecule has 2 atom stereocenters. The third kappa shape index (κ3) is 3.61. The quantitative estimate of drug-likeness (QED) is 0.902. The zero-order valence-electron chi connectivity index (χ0n) is 10.9. The maximum absolute atomic E-state index is 13.2. The Hall–Kier alpha value is -1.26. The van der Waals surface area contributed by atoms with Gasteiger partial charge in [0.25, 0.3) is 0 Å². The molecule has 1 heterocycles. The van der Waals surface area contributed by atoms with Crippen molar-refractivity contribution in [2.75, 3.05) is 0 Å². The summed E-state index contributed by atoms with van der Waals surface area (Å²) >= 11 is 3.21. The molecule has 1 unspecified atom stereocenters. The van der Waals surface area contributed by atoms with Crippen LogP contribution < -0.4 is 5.32 Å². The Morgan fingerprint density at radius 2 is 1.89 bits per heavy atom. The fourth-order valence-corrected chi connectivity index (χ4v) is 2.38. The summed E-state index contributed by atoms with van der Waals surface area (Å²) in [5.41, 5.74) is 2.18. The molecule has 0 saturated carbocycles. The van der Waals surface area contributed by atoms with Crippen LogP contribution >= 0.6 is 15.9 Å². The Morgan fingerprint density at radius 1 is 1.16 bits per heavy atom. The number of aromatic nitrogens is 1. The Kier molecular flexibility index (Phi) is 4.66. The Balaban J connectivity index is 2.08. The molecule has 0 aliphatic rings. The van der Waals surface area contributed by atoms with Crippen LogP contribution in [0.4, 0.5) is 4.39 Å². The molecule has 1 aromatic heterocycles. The minimum Gasteiger partial charge on any atom is -0.304 e. The van der Waals surface area contributed by atoms with Crippen molar-refractivity contribution >= 4 is 15.9 Å². The second-order valence-electron chi connectivity index (χ2n) is 4.57. The molecule has 2 aromatic rings. The van der Waals surface area contributed by atoms with Gasteiger partial charge in [0.05, 0.1) is 4.47 Å². The van der Waals surface area contributed by atoms with Gasteiger partial charge in [-0.3, -0.25) is 4.98 Å². The number of hydrogen-bond donors (Lipinski definition) is 1. The van der Waals surface area contributed by atoms with Crippen molar-refractivity contribution < 1.29 is 4.39 Å². The van der Waals surface area contributed by atoms with Gasteiger partial charge in [-0.2, -0.15) is 0 Å². The highest BCUT2D eigenvalue weighted by Gasteiger charge is 2.12. The molecule has 0 spiro atoms. The van der Waals surface area contributed by atoms with E-state index in [-0.39, 0.29) is 17.9 Å². The van der Waals surface area contributed by atoms with E-state index in [9.17, 15) is 4.39 Å². The Bertz CT molecular complexity index is 545. The zero-order chi connectivity index (χ0) is 13.8. The first-order valence-electron chi connectivity index (χ1n) is 6.19. The smallest absolute Gasteiger partial charge is 0.137 e. The molecule has 1 N–H and O–H groups in total. The molecule has 0 aliphatic heterocycles. The molecule has 0 radical (unpaired) electrons. The second kappa shape index (κ2) is 6.26. The van der Waals surface area contributed by atoms with Gasteiger partial charge in [0.1, 0.15) is 5.82 Å².